The molecule has 0 atom stereocenters. The number of nitrogens with one attached hydrogen (secondary N) is 3. The molecule has 0 aliphatic carbocycles. The first-order valence-corrected chi connectivity index (χ1v) is 11.6. The summed E-state index contributed by atoms with van der Waals surface area (Å²) in [6.45, 7) is 5.47. The van der Waals surface area contributed by atoms with Crippen LogP contribution in [0.25, 0.3) is 27.6 Å². The predicted molar refractivity (Wildman–Crippen MR) is 134 cm³/mol. The van der Waals surface area contributed by atoms with Gasteiger partial charge in [-0.25, -0.2) is 24.3 Å². The highest BCUT2D eigenvalue weighted by molar-refractivity contribution is 7.17. The minimum atomic E-state index is -0.564. The fraction of sp³-hybridized carbons (Fsp3) is 0.0833. The van der Waals surface area contributed by atoms with E-state index in [-0.39, 0.29) is 12.4 Å². The third kappa shape index (κ3) is 5.56. The molecule has 178 valence electrons. The first kappa shape index (κ1) is 24.1. The Labute approximate surface area is 209 Å². The van der Waals surface area contributed by atoms with E-state index in [1.165, 1.54) is 18.2 Å². The van der Waals surface area contributed by atoms with Gasteiger partial charge in [0.25, 0.3) is 5.91 Å². The van der Waals surface area contributed by atoms with Crippen LogP contribution in [-0.2, 0) is 0 Å². The number of amides is 3. The molecule has 8 nitrogen and oxygen atoms in total. The number of aromatic nitrogens is 3. The number of nitrogens with zero attached hydrogens (tertiary/aromatic N) is 3. The van der Waals surface area contributed by atoms with E-state index >= 15 is 0 Å². The van der Waals surface area contributed by atoms with Gasteiger partial charge in [0.15, 0.2) is 0 Å². The Hall–Kier alpha value is -4.02. The molecule has 0 unspecified atom stereocenters. The zero-order chi connectivity index (χ0) is 24.9. The minimum absolute atomic E-state index is 0.262. The maximum absolute atomic E-state index is 13.5. The van der Waals surface area contributed by atoms with E-state index in [4.69, 9.17) is 11.6 Å². The van der Waals surface area contributed by atoms with Crippen molar-refractivity contribution in [3.63, 3.8) is 0 Å². The Morgan fingerprint density at radius 1 is 1.14 bits per heavy atom. The average Bonchev–Trinajstić information content (AvgIpc) is 3.46. The van der Waals surface area contributed by atoms with E-state index in [2.05, 4.69) is 32.8 Å². The molecular weight excluding hydrogens is 491 g/mol. The van der Waals surface area contributed by atoms with Crippen molar-refractivity contribution in [2.75, 3.05) is 6.54 Å². The number of aryl methyl sites for hydroxylation is 1. The van der Waals surface area contributed by atoms with Gasteiger partial charge in [-0.1, -0.05) is 29.8 Å². The summed E-state index contributed by atoms with van der Waals surface area (Å²) in [5.74, 6) is -0.858. The van der Waals surface area contributed by atoms with E-state index < -0.39 is 11.9 Å². The smallest absolute Gasteiger partial charge is 0.333 e. The van der Waals surface area contributed by atoms with Crippen LogP contribution in [0.5, 0.6) is 0 Å². The topological polar surface area (TPSA) is 101 Å². The van der Waals surface area contributed by atoms with Crippen molar-refractivity contribution in [2.45, 2.75) is 6.92 Å². The molecular formula is C24H20ClFN6O2S. The van der Waals surface area contributed by atoms with Gasteiger partial charge in [-0.3, -0.25) is 10.2 Å². The summed E-state index contributed by atoms with van der Waals surface area (Å²) in [6.07, 6.45) is 1.52. The lowest BCUT2D eigenvalue weighted by molar-refractivity contribution is 0.0939. The molecule has 0 aliphatic heterocycles. The zero-order valence-electron chi connectivity index (χ0n) is 18.5. The van der Waals surface area contributed by atoms with E-state index in [9.17, 15) is 14.0 Å². The van der Waals surface area contributed by atoms with Crippen molar-refractivity contribution >= 4 is 34.9 Å². The highest BCUT2D eigenvalue weighted by Crippen LogP contribution is 2.32. The number of carbonyl (C=O) groups is 2. The van der Waals surface area contributed by atoms with Gasteiger partial charge in [0, 0.05) is 17.1 Å². The Kier molecular flexibility index (Phi) is 7.23. The molecule has 0 fully saturated rings. The average molecular weight is 511 g/mol. The lowest BCUT2D eigenvalue weighted by atomic mass is 10.1. The molecule has 2 aromatic carbocycles. The molecule has 0 bridgehead atoms. The van der Waals surface area contributed by atoms with E-state index in [1.54, 1.807) is 35.9 Å². The molecule has 4 rings (SSSR count). The van der Waals surface area contributed by atoms with Crippen LogP contribution in [0.3, 0.4) is 0 Å². The second-order valence-electron chi connectivity index (χ2n) is 7.32. The van der Waals surface area contributed by atoms with Crippen LogP contribution < -0.4 is 16.2 Å². The first-order chi connectivity index (χ1) is 16.9. The molecule has 3 amide bonds. The second-order valence-corrected chi connectivity index (χ2v) is 8.76. The maximum atomic E-state index is 13.5. The monoisotopic (exact) mass is 510 g/mol. The van der Waals surface area contributed by atoms with Gasteiger partial charge in [0.1, 0.15) is 21.4 Å². The fourth-order valence-corrected chi connectivity index (χ4v) is 4.23. The maximum Gasteiger partial charge on any atom is 0.333 e. The normalized spacial score (nSPS) is 10.6. The van der Waals surface area contributed by atoms with Crippen molar-refractivity contribution in [2.24, 2.45) is 0 Å². The van der Waals surface area contributed by atoms with Gasteiger partial charge in [-0.15, -0.1) is 17.9 Å². The number of hydrogen-bond donors (Lipinski definition) is 3. The summed E-state index contributed by atoms with van der Waals surface area (Å²) in [7, 11) is 0. The third-order valence-electron chi connectivity index (χ3n) is 4.84. The lowest BCUT2D eigenvalue weighted by Gasteiger charge is -2.07. The molecule has 3 N–H and O–H groups in total. The third-order valence-corrected chi connectivity index (χ3v) is 6.27. The Morgan fingerprint density at radius 2 is 1.86 bits per heavy atom. The predicted octanol–water partition coefficient (Wildman–Crippen LogP) is 4.89. The molecule has 4 aromatic rings. The summed E-state index contributed by atoms with van der Waals surface area (Å²) in [6, 6.07) is 14.5. The Bertz CT molecular complexity index is 1320. The first-order valence-electron chi connectivity index (χ1n) is 10.4. The highest BCUT2D eigenvalue weighted by atomic mass is 35.5. The molecule has 0 aliphatic rings. The molecule has 0 radical (unpaired) electrons. The van der Waals surface area contributed by atoms with Gasteiger partial charge in [0.05, 0.1) is 17.1 Å². The van der Waals surface area contributed by atoms with Gasteiger partial charge < -0.3 is 5.32 Å². The van der Waals surface area contributed by atoms with Crippen molar-refractivity contribution in [1.29, 1.82) is 0 Å². The summed E-state index contributed by atoms with van der Waals surface area (Å²) >= 11 is 7.19. The zero-order valence-corrected chi connectivity index (χ0v) is 20.1. The van der Waals surface area contributed by atoms with Gasteiger partial charge in [0.2, 0.25) is 0 Å². The highest BCUT2D eigenvalue weighted by Gasteiger charge is 2.20. The lowest BCUT2D eigenvalue weighted by Crippen LogP contribution is -2.46. The number of halogens is 2. The number of hydrogen-bond acceptors (Lipinski definition) is 5. The van der Waals surface area contributed by atoms with Crippen LogP contribution >= 0.6 is 22.9 Å². The van der Waals surface area contributed by atoms with Crippen molar-refractivity contribution < 1.29 is 14.0 Å². The quantitative estimate of drug-likeness (QED) is 0.254. The molecule has 2 heterocycles. The second kappa shape index (κ2) is 10.5. The van der Waals surface area contributed by atoms with Crippen molar-refractivity contribution in [3.8, 4) is 27.6 Å². The Balaban J connectivity index is 1.66. The standard InChI is InChI=1S/C24H20ClFN6O2S/c1-3-12-27-24(34)30-29-22(33)21-14(2)28-23(35-21)19-13-20(15-4-6-16(25)7-5-15)32(31-19)18-10-8-17(26)9-11-18/h3-11,13H,1,12H2,2H3,(H,29,33)(H2,27,30,34). The number of thiazole rings is 1. The van der Waals surface area contributed by atoms with Crippen LogP contribution in [0.15, 0.2) is 67.3 Å². The van der Waals surface area contributed by atoms with Crippen LogP contribution in [0.4, 0.5) is 9.18 Å². The largest absolute Gasteiger partial charge is 0.333 e. The number of benzene rings is 2. The van der Waals surface area contributed by atoms with E-state index in [1.807, 2.05) is 18.2 Å². The Morgan fingerprint density at radius 3 is 2.54 bits per heavy atom. The molecule has 35 heavy (non-hydrogen) atoms. The molecule has 11 heteroatoms. The summed E-state index contributed by atoms with van der Waals surface area (Å²) in [5, 5.41) is 8.29. The van der Waals surface area contributed by atoms with Crippen LogP contribution in [0.2, 0.25) is 5.02 Å². The van der Waals surface area contributed by atoms with Gasteiger partial charge in [-0.05, 0) is 49.4 Å². The van der Waals surface area contributed by atoms with Crippen molar-refractivity contribution in [3.05, 3.63) is 88.7 Å². The van der Waals surface area contributed by atoms with Crippen LogP contribution in [0.1, 0.15) is 15.4 Å². The van der Waals surface area contributed by atoms with Crippen LogP contribution in [0, 0.1) is 12.7 Å². The van der Waals surface area contributed by atoms with Gasteiger partial charge >= 0.3 is 6.03 Å². The van der Waals surface area contributed by atoms with Crippen molar-refractivity contribution in [1.82, 2.24) is 30.9 Å². The van der Waals surface area contributed by atoms with E-state index in [0.717, 1.165) is 22.6 Å². The molecule has 0 saturated heterocycles. The fourth-order valence-electron chi connectivity index (χ4n) is 3.19. The number of hydrazine groups is 1. The summed E-state index contributed by atoms with van der Waals surface area (Å²) in [4.78, 5) is 29.1. The van der Waals surface area contributed by atoms with Gasteiger partial charge in [-0.2, -0.15) is 5.10 Å². The molecule has 0 spiro atoms. The summed E-state index contributed by atoms with van der Waals surface area (Å²) in [5.41, 5.74) is 7.89. The number of rotatable bonds is 6. The summed E-state index contributed by atoms with van der Waals surface area (Å²) < 4.78 is 15.2. The molecule has 2 aromatic heterocycles. The number of carbonyl (C=O) groups excluding carboxylic acids is 2. The van der Waals surface area contributed by atoms with E-state index in [0.29, 0.717) is 32.0 Å². The molecule has 0 saturated carbocycles. The minimum Gasteiger partial charge on any atom is -0.333 e. The SMILES string of the molecule is C=CCNC(=O)NNC(=O)c1sc(-c2cc(-c3ccc(Cl)cc3)n(-c3ccc(F)cc3)n2)nc1C. The van der Waals surface area contributed by atoms with Crippen LogP contribution in [-0.4, -0.2) is 33.2 Å². The number of urea groups is 1.